The van der Waals surface area contributed by atoms with Crippen LogP contribution in [0.25, 0.3) is 11.3 Å². The molecule has 1 heterocycles. The quantitative estimate of drug-likeness (QED) is 0.862. The number of aromatic nitrogens is 2. The lowest BCUT2D eigenvalue weighted by Crippen LogP contribution is -2.20. The molecule has 1 fully saturated rings. The van der Waals surface area contributed by atoms with Gasteiger partial charge < -0.3 is 10.7 Å². The minimum absolute atomic E-state index is 0.301. The molecule has 3 nitrogen and oxygen atoms in total. The van der Waals surface area contributed by atoms with Gasteiger partial charge in [-0.3, -0.25) is 0 Å². The molecular formula is C12H11ClFN3. The summed E-state index contributed by atoms with van der Waals surface area (Å²) < 4.78 is 12.9. The fourth-order valence-electron chi connectivity index (χ4n) is 1.79. The highest BCUT2D eigenvalue weighted by molar-refractivity contribution is 6.33. The first kappa shape index (κ1) is 10.7. The summed E-state index contributed by atoms with van der Waals surface area (Å²) in [6.07, 6.45) is 3.57. The molecule has 1 aliphatic rings. The Kier molecular flexibility index (Phi) is 2.24. The van der Waals surface area contributed by atoms with E-state index in [0.29, 0.717) is 5.02 Å². The molecule has 88 valence electrons. The first-order valence-corrected chi connectivity index (χ1v) is 5.76. The van der Waals surface area contributed by atoms with Crippen LogP contribution in [0.2, 0.25) is 5.02 Å². The van der Waals surface area contributed by atoms with E-state index in [2.05, 4.69) is 9.97 Å². The lowest BCUT2D eigenvalue weighted by molar-refractivity contribution is 0.628. The van der Waals surface area contributed by atoms with Crippen LogP contribution in [0.5, 0.6) is 0 Å². The fraction of sp³-hybridized carbons (Fsp3) is 0.250. The number of imidazole rings is 1. The average molecular weight is 252 g/mol. The predicted octanol–water partition coefficient (Wildman–Crippen LogP) is 2.82. The van der Waals surface area contributed by atoms with Crippen LogP contribution in [0.4, 0.5) is 4.39 Å². The van der Waals surface area contributed by atoms with Gasteiger partial charge in [0.2, 0.25) is 0 Å². The average Bonchev–Trinajstić information content (AvgIpc) is 2.85. The van der Waals surface area contributed by atoms with Gasteiger partial charge in [0.05, 0.1) is 22.5 Å². The van der Waals surface area contributed by atoms with Crippen molar-refractivity contribution < 1.29 is 4.39 Å². The molecule has 3 rings (SSSR count). The van der Waals surface area contributed by atoms with E-state index < -0.39 is 0 Å². The maximum Gasteiger partial charge on any atom is 0.126 e. The molecule has 0 atom stereocenters. The molecule has 0 unspecified atom stereocenters. The van der Waals surface area contributed by atoms with E-state index in [-0.39, 0.29) is 11.4 Å². The minimum atomic E-state index is -0.351. The van der Waals surface area contributed by atoms with Crippen LogP contribution in [0.15, 0.2) is 24.4 Å². The Morgan fingerprint density at radius 2 is 2.18 bits per heavy atom. The molecule has 1 aliphatic carbocycles. The van der Waals surface area contributed by atoms with Gasteiger partial charge in [-0.1, -0.05) is 11.6 Å². The number of nitrogens with zero attached hydrogens (tertiary/aromatic N) is 1. The maximum atomic E-state index is 12.9. The number of benzene rings is 1. The largest absolute Gasteiger partial charge is 0.340 e. The van der Waals surface area contributed by atoms with Gasteiger partial charge in [0, 0.05) is 5.56 Å². The molecule has 0 saturated heterocycles. The third kappa shape index (κ3) is 1.83. The van der Waals surface area contributed by atoms with Gasteiger partial charge in [-0.05, 0) is 31.0 Å². The molecule has 1 aromatic heterocycles. The number of halogens is 2. The third-order valence-corrected chi connectivity index (χ3v) is 3.37. The van der Waals surface area contributed by atoms with Crippen molar-refractivity contribution in [1.29, 1.82) is 0 Å². The zero-order chi connectivity index (χ0) is 12.0. The molecule has 0 spiro atoms. The van der Waals surface area contributed by atoms with Gasteiger partial charge in [0.15, 0.2) is 0 Å². The van der Waals surface area contributed by atoms with Crippen LogP contribution in [0.1, 0.15) is 18.7 Å². The minimum Gasteiger partial charge on any atom is -0.340 e. The van der Waals surface area contributed by atoms with Crippen molar-refractivity contribution in [2.24, 2.45) is 5.73 Å². The molecule has 0 amide bonds. The van der Waals surface area contributed by atoms with Gasteiger partial charge >= 0.3 is 0 Å². The summed E-state index contributed by atoms with van der Waals surface area (Å²) in [6.45, 7) is 0. The molecular weight excluding hydrogens is 241 g/mol. The molecule has 0 aliphatic heterocycles. The highest BCUT2D eigenvalue weighted by Crippen LogP contribution is 2.41. The van der Waals surface area contributed by atoms with E-state index in [1.807, 2.05) is 0 Å². The number of rotatable bonds is 2. The zero-order valence-electron chi connectivity index (χ0n) is 9.00. The van der Waals surface area contributed by atoms with Gasteiger partial charge in [-0.15, -0.1) is 0 Å². The highest BCUT2D eigenvalue weighted by Gasteiger charge is 2.42. The second kappa shape index (κ2) is 3.55. The second-order valence-corrected chi connectivity index (χ2v) is 4.83. The van der Waals surface area contributed by atoms with Crippen molar-refractivity contribution in [3.05, 3.63) is 41.1 Å². The predicted molar refractivity (Wildman–Crippen MR) is 64.1 cm³/mol. The number of H-pyrrole nitrogens is 1. The summed E-state index contributed by atoms with van der Waals surface area (Å²) in [5, 5.41) is 0.363. The molecule has 1 saturated carbocycles. The summed E-state index contributed by atoms with van der Waals surface area (Å²) in [4.78, 5) is 7.41. The van der Waals surface area contributed by atoms with Crippen LogP contribution >= 0.6 is 11.6 Å². The van der Waals surface area contributed by atoms with Crippen LogP contribution < -0.4 is 5.73 Å². The lowest BCUT2D eigenvalue weighted by Gasteiger charge is -2.04. The maximum absolute atomic E-state index is 12.9. The van der Waals surface area contributed by atoms with Gasteiger partial charge in [-0.25, -0.2) is 9.37 Å². The van der Waals surface area contributed by atoms with Crippen molar-refractivity contribution >= 4 is 11.6 Å². The van der Waals surface area contributed by atoms with Crippen LogP contribution in [-0.2, 0) is 5.54 Å². The second-order valence-electron chi connectivity index (χ2n) is 4.43. The van der Waals surface area contributed by atoms with Crippen LogP contribution in [0, 0.1) is 5.82 Å². The number of hydrogen-bond acceptors (Lipinski definition) is 2. The van der Waals surface area contributed by atoms with Crippen molar-refractivity contribution in [2.75, 3.05) is 0 Å². The summed E-state index contributed by atoms with van der Waals surface area (Å²) in [7, 11) is 0. The summed E-state index contributed by atoms with van der Waals surface area (Å²) in [5.74, 6) is 0.420. The van der Waals surface area contributed by atoms with E-state index in [4.69, 9.17) is 17.3 Å². The highest BCUT2D eigenvalue weighted by atomic mass is 35.5. The smallest absolute Gasteiger partial charge is 0.126 e. The summed E-state index contributed by atoms with van der Waals surface area (Å²) >= 11 is 5.98. The van der Waals surface area contributed by atoms with Crippen LogP contribution in [-0.4, -0.2) is 9.97 Å². The van der Waals surface area contributed by atoms with E-state index in [9.17, 15) is 4.39 Å². The SMILES string of the molecule is NC1(c2ncc(-c3ccc(F)cc3Cl)[nH]2)CC1. The number of hydrogen-bond donors (Lipinski definition) is 2. The normalized spacial score (nSPS) is 17.1. The van der Waals surface area contributed by atoms with Crippen molar-refractivity contribution in [3.8, 4) is 11.3 Å². The standard InChI is InChI=1S/C12H11ClFN3/c13-9-5-7(14)1-2-8(9)10-6-16-11(17-10)12(15)3-4-12/h1-2,5-6H,3-4,15H2,(H,16,17). The van der Waals surface area contributed by atoms with Crippen LogP contribution in [0.3, 0.4) is 0 Å². The monoisotopic (exact) mass is 251 g/mol. The molecule has 0 bridgehead atoms. The van der Waals surface area contributed by atoms with Gasteiger partial charge in [0.25, 0.3) is 0 Å². The Labute approximate surface area is 103 Å². The number of nitrogens with one attached hydrogen (secondary N) is 1. The Morgan fingerprint density at radius 1 is 1.41 bits per heavy atom. The first-order valence-electron chi connectivity index (χ1n) is 5.38. The summed E-state index contributed by atoms with van der Waals surface area (Å²) in [5.41, 5.74) is 7.23. The zero-order valence-corrected chi connectivity index (χ0v) is 9.76. The Bertz CT molecular complexity index is 575. The lowest BCUT2D eigenvalue weighted by atomic mass is 10.1. The molecule has 0 radical (unpaired) electrons. The van der Waals surface area contributed by atoms with Crippen molar-refractivity contribution in [1.82, 2.24) is 9.97 Å². The topological polar surface area (TPSA) is 54.7 Å². The Hall–Kier alpha value is -1.39. The van der Waals surface area contributed by atoms with Crippen molar-refractivity contribution in [2.45, 2.75) is 18.4 Å². The van der Waals surface area contributed by atoms with E-state index in [1.165, 1.54) is 12.1 Å². The molecule has 1 aromatic carbocycles. The number of aromatic amines is 1. The fourth-order valence-corrected chi connectivity index (χ4v) is 2.06. The Balaban J connectivity index is 2.01. The van der Waals surface area contributed by atoms with E-state index >= 15 is 0 Å². The molecule has 17 heavy (non-hydrogen) atoms. The third-order valence-electron chi connectivity index (χ3n) is 3.06. The molecule has 5 heteroatoms. The first-order chi connectivity index (χ1) is 8.08. The van der Waals surface area contributed by atoms with Crippen molar-refractivity contribution in [3.63, 3.8) is 0 Å². The summed E-state index contributed by atoms with van der Waals surface area (Å²) in [6, 6.07) is 4.29. The van der Waals surface area contributed by atoms with E-state index in [1.54, 1.807) is 12.3 Å². The van der Waals surface area contributed by atoms with Gasteiger partial charge in [0.1, 0.15) is 11.6 Å². The Morgan fingerprint density at radius 3 is 2.82 bits per heavy atom. The van der Waals surface area contributed by atoms with Gasteiger partial charge in [-0.2, -0.15) is 0 Å². The molecule has 2 aromatic rings. The van der Waals surface area contributed by atoms with E-state index in [0.717, 1.165) is 29.9 Å². The number of nitrogens with two attached hydrogens (primary N) is 1. The molecule has 3 N–H and O–H groups in total.